The van der Waals surface area contributed by atoms with Gasteiger partial charge in [-0.1, -0.05) is 60.7 Å². The summed E-state index contributed by atoms with van der Waals surface area (Å²) in [5.41, 5.74) is 0.224. The van der Waals surface area contributed by atoms with Gasteiger partial charge in [0.2, 0.25) is 0 Å². The van der Waals surface area contributed by atoms with Crippen LogP contribution in [0.25, 0.3) is 0 Å². The van der Waals surface area contributed by atoms with Gasteiger partial charge in [0.15, 0.2) is 0 Å². The van der Waals surface area contributed by atoms with Crippen molar-refractivity contribution in [3.8, 4) is 0 Å². The average molecular weight is 347 g/mol. The Morgan fingerprint density at radius 3 is 2.08 bits per heavy atom. The SMILES string of the molecule is CC1(OCc2ccccc2)C=C(C(F)(F)F)CN1Cc1ccccc1. The molecular weight excluding hydrogens is 327 g/mol. The van der Waals surface area contributed by atoms with E-state index in [1.807, 2.05) is 60.7 Å². The number of rotatable bonds is 5. The highest BCUT2D eigenvalue weighted by atomic mass is 19.4. The molecule has 1 atom stereocenters. The van der Waals surface area contributed by atoms with Gasteiger partial charge >= 0.3 is 6.18 Å². The Kier molecular flexibility index (Phi) is 4.97. The van der Waals surface area contributed by atoms with Gasteiger partial charge in [-0.2, -0.15) is 13.2 Å². The molecule has 2 aromatic rings. The van der Waals surface area contributed by atoms with E-state index in [-0.39, 0.29) is 13.2 Å². The molecule has 1 unspecified atom stereocenters. The fraction of sp³-hybridized carbons (Fsp3) is 0.300. The van der Waals surface area contributed by atoms with E-state index in [2.05, 4.69) is 0 Å². The van der Waals surface area contributed by atoms with Gasteiger partial charge in [0.25, 0.3) is 0 Å². The zero-order chi connectivity index (χ0) is 17.9. The first-order valence-electron chi connectivity index (χ1n) is 8.13. The normalized spacial score (nSPS) is 21.4. The molecule has 0 radical (unpaired) electrons. The highest BCUT2D eigenvalue weighted by Gasteiger charge is 2.46. The van der Waals surface area contributed by atoms with Gasteiger partial charge in [-0.3, -0.25) is 4.90 Å². The zero-order valence-electron chi connectivity index (χ0n) is 14.0. The molecule has 2 nitrogen and oxygen atoms in total. The third kappa shape index (κ3) is 4.30. The summed E-state index contributed by atoms with van der Waals surface area (Å²) in [5, 5.41) is 0. The van der Waals surface area contributed by atoms with Crippen LogP contribution in [-0.4, -0.2) is 23.3 Å². The number of hydrogen-bond donors (Lipinski definition) is 0. The molecule has 0 fully saturated rings. The van der Waals surface area contributed by atoms with Gasteiger partial charge in [-0.05, 0) is 24.1 Å². The van der Waals surface area contributed by atoms with Crippen molar-refractivity contribution in [2.75, 3.05) is 6.54 Å². The topological polar surface area (TPSA) is 12.5 Å². The van der Waals surface area contributed by atoms with E-state index in [1.165, 1.54) is 6.08 Å². The Hall–Kier alpha value is -2.11. The van der Waals surface area contributed by atoms with Crippen LogP contribution < -0.4 is 0 Å². The highest BCUT2D eigenvalue weighted by Crippen LogP contribution is 2.38. The molecule has 0 spiro atoms. The molecule has 0 N–H and O–H groups in total. The molecule has 2 aromatic carbocycles. The summed E-state index contributed by atoms with van der Waals surface area (Å²) >= 11 is 0. The van der Waals surface area contributed by atoms with E-state index in [9.17, 15) is 13.2 Å². The highest BCUT2D eigenvalue weighted by molar-refractivity contribution is 5.26. The predicted octanol–water partition coefficient (Wildman–Crippen LogP) is 4.92. The number of halogens is 3. The first-order chi connectivity index (χ1) is 11.9. The fourth-order valence-electron chi connectivity index (χ4n) is 2.95. The molecular formula is C20H20F3NO. The number of benzene rings is 2. The maximum absolute atomic E-state index is 13.2. The first-order valence-corrected chi connectivity index (χ1v) is 8.13. The summed E-state index contributed by atoms with van der Waals surface area (Å²) in [6, 6.07) is 18.9. The van der Waals surface area contributed by atoms with Gasteiger partial charge in [0.05, 0.1) is 6.61 Å². The largest absolute Gasteiger partial charge is 0.413 e. The lowest BCUT2D eigenvalue weighted by Crippen LogP contribution is -2.43. The van der Waals surface area contributed by atoms with E-state index in [4.69, 9.17) is 4.74 Å². The molecule has 1 aliphatic heterocycles. The van der Waals surface area contributed by atoms with Crippen molar-refractivity contribution in [1.82, 2.24) is 4.90 Å². The third-order valence-electron chi connectivity index (χ3n) is 4.39. The summed E-state index contributed by atoms with van der Waals surface area (Å²) in [5.74, 6) is 0. The third-order valence-corrected chi connectivity index (χ3v) is 4.39. The van der Waals surface area contributed by atoms with Gasteiger partial charge in [0, 0.05) is 18.7 Å². The Morgan fingerprint density at radius 1 is 0.960 bits per heavy atom. The van der Waals surface area contributed by atoms with Crippen molar-refractivity contribution in [1.29, 1.82) is 0 Å². The molecule has 3 rings (SSSR count). The second-order valence-electron chi connectivity index (χ2n) is 6.34. The quantitative estimate of drug-likeness (QED) is 0.712. The predicted molar refractivity (Wildman–Crippen MR) is 90.6 cm³/mol. The van der Waals surface area contributed by atoms with E-state index in [0.29, 0.717) is 6.54 Å². The Balaban J connectivity index is 1.80. The second-order valence-corrected chi connectivity index (χ2v) is 6.34. The lowest BCUT2D eigenvalue weighted by molar-refractivity contribution is -0.113. The molecule has 0 aliphatic carbocycles. The molecule has 1 heterocycles. The Labute approximate surface area is 145 Å². The van der Waals surface area contributed by atoms with Gasteiger partial charge in [-0.25, -0.2) is 0 Å². The van der Waals surface area contributed by atoms with Crippen molar-refractivity contribution in [3.05, 3.63) is 83.4 Å². The molecule has 25 heavy (non-hydrogen) atoms. The van der Waals surface area contributed by atoms with Crippen LogP contribution in [-0.2, 0) is 17.9 Å². The van der Waals surface area contributed by atoms with Crippen molar-refractivity contribution >= 4 is 0 Å². The second kappa shape index (κ2) is 7.02. The summed E-state index contributed by atoms with van der Waals surface area (Å²) < 4.78 is 45.6. The average Bonchev–Trinajstić information content (AvgIpc) is 2.92. The van der Waals surface area contributed by atoms with E-state index in [0.717, 1.165) is 11.1 Å². The minimum atomic E-state index is -4.34. The van der Waals surface area contributed by atoms with Crippen molar-refractivity contribution in [2.45, 2.75) is 32.0 Å². The van der Waals surface area contributed by atoms with Crippen molar-refractivity contribution in [3.63, 3.8) is 0 Å². The maximum Gasteiger partial charge on any atom is 0.413 e. The van der Waals surface area contributed by atoms with Crippen LogP contribution in [0.5, 0.6) is 0 Å². The zero-order valence-corrected chi connectivity index (χ0v) is 14.0. The van der Waals surface area contributed by atoms with Crippen LogP contribution >= 0.6 is 0 Å². The minimum Gasteiger partial charge on any atom is -0.352 e. The molecule has 132 valence electrons. The van der Waals surface area contributed by atoms with Crippen molar-refractivity contribution < 1.29 is 17.9 Å². The van der Waals surface area contributed by atoms with Gasteiger partial charge < -0.3 is 4.74 Å². The number of ether oxygens (including phenoxy) is 1. The fourth-order valence-corrected chi connectivity index (χ4v) is 2.95. The molecule has 0 amide bonds. The van der Waals surface area contributed by atoms with Crippen LogP contribution in [0, 0.1) is 0 Å². The van der Waals surface area contributed by atoms with E-state index < -0.39 is 17.5 Å². The summed E-state index contributed by atoms with van der Waals surface area (Å²) in [6.45, 7) is 2.16. The van der Waals surface area contributed by atoms with Crippen LogP contribution in [0.1, 0.15) is 18.1 Å². The molecule has 1 aliphatic rings. The smallest absolute Gasteiger partial charge is 0.352 e. The van der Waals surface area contributed by atoms with Gasteiger partial charge in [-0.15, -0.1) is 0 Å². The van der Waals surface area contributed by atoms with Crippen LogP contribution in [0.4, 0.5) is 13.2 Å². The minimum absolute atomic E-state index is 0.177. The first kappa shape index (κ1) is 17.7. The lowest BCUT2D eigenvalue weighted by atomic mass is 10.1. The standard InChI is InChI=1S/C20H20F3NO/c1-19(25-15-17-10-6-3-7-11-17)12-18(20(21,22)23)14-24(19)13-16-8-4-2-5-9-16/h2-12H,13-15H2,1H3. The van der Waals surface area contributed by atoms with Gasteiger partial charge in [0.1, 0.15) is 5.72 Å². The van der Waals surface area contributed by atoms with E-state index >= 15 is 0 Å². The maximum atomic E-state index is 13.2. The molecule has 0 aromatic heterocycles. The lowest BCUT2D eigenvalue weighted by Gasteiger charge is -2.34. The van der Waals surface area contributed by atoms with Crippen molar-refractivity contribution in [2.24, 2.45) is 0 Å². The Morgan fingerprint density at radius 2 is 1.52 bits per heavy atom. The number of hydrogen-bond acceptors (Lipinski definition) is 2. The van der Waals surface area contributed by atoms with Crippen LogP contribution in [0.2, 0.25) is 0 Å². The number of nitrogens with zero attached hydrogens (tertiary/aromatic N) is 1. The molecule has 0 bridgehead atoms. The van der Waals surface area contributed by atoms with Crippen LogP contribution in [0.3, 0.4) is 0 Å². The summed E-state index contributed by atoms with van der Waals surface area (Å²) in [4.78, 5) is 1.72. The summed E-state index contributed by atoms with van der Waals surface area (Å²) in [7, 11) is 0. The molecule has 0 saturated heterocycles. The monoisotopic (exact) mass is 347 g/mol. The Bertz CT molecular complexity index is 728. The van der Waals surface area contributed by atoms with E-state index in [1.54, 1.807) is 11.8 Å². The molecule has 0 saturated carbocycles. The molecule has 5 heteroatoms. The number of alkyl halides is 3. The van der Waals surface area contributed by atoms with Crippen LogP contribution in [0.15, 0.2) is 72.3 Å². The summed E-state index contributed by atoms with van der Waals surface area (Å²) in [6.07, 6.45) is -3.14.